The summed E-state index contributed by atoms with van der Waals surface area (Å²) < 4.78 is 34.3. The van der Waals surface area contributed by atoms with Crippen molar-refractivity contribution < 1.29 is 18.5 Å². The first-order valence-corrected chi connectivity index (χ1v) is 17.1. The van der Waals surface area contributed by atoms with Gasteiger partial charge in [0.2, 0.25) is 5.95 Å². The van der Waals surface area contributed by atoms with E-state index in [4.69, 9.17) is 4.74 Å². The van der Waals surface area contributed by atoms with Gasteiger partial charge in [-0.3, -0.25) is 9.78 Å². The SMILES string of the molecule is CCc1cc(Nc2ncc(Br)c(Nc3ccc4nc(C)c(F)cc4c3P(C)(C)=O)n2)c(OC)cc1N1CCC(=O)CC1. The van der Waals surface area contributed by atoms with Gasteiger partial charge in [0.05, 0.1) is 34.2 Å². The fourth-order valence-electron chi connectivity index (χ4n) is 5.20. The Bertz CT molecular complexity index is 1730. The molecule has 0 bridgehead atoms. The van der Waals surface area contributed by atoms with E-state index >= 15 is 0 Å². The second kappa shape index (κ2) is 12.0. The van der Waals surface area contributed by atoms with Crippen molar-refractivity contribution >= 4 is 73.9 Å². The number of fused-ring (bicyclic) bond motifs is 1. The van der Waals surface area contributed by atoms with E-state index in [1.807, 2.05) is 12.1 Å². The molecule has 1 aliphatic rings. The highest BCUT2D eigenvalue weighted by Gasteiger charge is 2.24. The summed E-state index contributed by atoms with van der Waals surface area (Å²) in [5.41, 5.74) is 4.27. The number of carbonyl (C=O) groups excluding carboxylic acids is 1. The highest BCUT2D eigenvalue weighted by Crippen LogP contribution is 2.42. The number of Topliss-reactive ketones (excluding diaryl/α,β-unsaturated/α-hetero) is 1. The molecule has 0 unspecified atom stereocenters. The highest BCUT2D eigenvalue weighted by molar-refractivity contribution is 9.10. The van der Waals surface area contributed by atoms with Crippen molar-refractivity contribution in [1.82, 2.24) is 15.0 Å². The standard InChI is InChI=1S/C30H33BrFN6O3P/c1-6-18-13-25(27(41-3)15-26(18)38-11-9-19(39)10-12-38)36-30-33-16-21(31)29(37-30)35-24-8-7-23-20(28(24)42(4,5)40)14-22(32)17(2)34-23/h7-8,13-16H,6,9-12H2,1-5H3,(H2,33,35,36,37). The smallest absolute Gasteiger partial charge is 0.229 e. The number of piperidine rings is 1. The maximum atomic E-state index is 14.5. The number of ether oxygens (including phenoxy) is 1. The van der Waals surface area contributed by atoms with E-state index in [2.05, 4.69) is 53.3 Å². The number of carbonyl (C=O) groups is 1. The monoisotopic (exact) mass is 654 g/mol. The van der Waals surface area contributed by atoms with Crippen molar-refractivity contribution in [2.45, 2.75) is 33.1 Å². The van der Waals surface area contributed by atoms with Crippen LogP contribution in [0.4, 0.5) is 33.2 Å². The number of hydrogen-bond acceptors (Lipinski definition) is 9. The van der Waals surface area contributed by atoms with Gasteiger partial charge in [0, 0.05) is 54.6 Å². The molecule has 4 aromatic rings. The molecule has 0 amide bonds. The van der Waals surface area contributed by atoms with Gasteiger partial charge in [-0.05, 0) is 72.4 Å². The average Bonchev–Trinajstić information content (AvgIpc) is 2.95. The largest absolute Gasteiger partial charge is 0.494 e. The predicted molar refractivity (Wildman–Crippen MR) is 171 cm³/mol. The van der Waals surface area contributed by atoms with Gasteiger partial charge in [-0.15, -0.1) is 0 Å². The minimum Gasteiger partial charge on any atom is -0.494 e. The van der Waals surface area contributed by atoms with Crippen molar-refractivity contribution in [3.8, 4) is 5.75 Å². The molecule has 0 aliphatic carbocycles. The number of ketones is 1. The van der Waals surface area contributed by atoms with Crippen molar-refractivity contribution in [2.24, 2.45) is 0 Å². The van der Waals surface area contributed by atoms with Gasteiger partial charge in [0.15, 0.2) is 0 Å². The Morgan fingerprint density at radius 3 is 2.50 bits per heavy atom. The number of pyridine rings is 1. The zero-order chi connectivity index (χ0) is 30.2. The van der Waals surface area contributed by atoms with Gasteiger partial charge in [0.25, 0.3) is 0 Å². The maximum Gasteiger partial charge on any atom is 0.229 e. The van der Waals surface area contributed by atoms with Gasteiger partial charge in [-0.1, -0.05) is 6.92 Å². The maximum absolute atomic E-state index is 14.5. The highest BCUT2D eigenvalue weighted by atomic mass is 79.9. The van der Waals surface area contributed by atoms with Crippen LogP contribution in [-0.2, 0) is 15.8 Å². The molecular formula is C30H33BrFN6O3P. The van der Waals surface area contributed by atoms with Crippen LogP contribution in [0.25, 0.3) is 10.9 Å². The molecule has 42 heavy (non-hydrogen) atoms. The van der Waals surface area contributed by atoms with Crippen LogP contribution in [0, 0.1) is 12.7 Å². The number of aromatic nitrogens is 3. The van der Waals surface area contributed by atoms with Crippen LogP contribution in [0.5, 0.6) is 5.75 Å². The molecule has 1 aliphatic heterocycles. The van der Waals surface area contributed by atoms with Gasteiger partial charge in [0.1, 0.15) is 30.3 Å². The fourth-order valence-corrected chi connectivity index (χ4v) is 6.96. The van der Waals surface area contributed by atoms with Gasteiger partial charge in [-0.25, -0.2) is 9.37 Å². The number of nitrogens with zero attached hydrogens (tertiary/aromatic N) is 4. The third-order valence-electron chi connectivity index (χ3n) is 7.32. The van der Waals surface area contributed by atoms with Gasteiger partial charge in [-0.2, -0.15) is 4.98 Å². The molecule has 220 valence electrons. The van der Waals surface area contributed by atoms with Crippen LogP contribution in [0.1, 0.15) is 31.0 Å². The summed E-state index contributed by atoms with van der Waals surface area (Å²) in [7, 11) is -1.27. The van der Waals surface area contributed by atoms with Crippen LogP contribution < -0.4 is 25.6 Å². The van der Waals surface area contributed by atoms with E-state index in [9.17, 15) is 13.8 Å². The minimum absolute atomic E-state index is 0.283. The van der Waals surface area contributed by atoms with Crippen molar-refractivity contribution in [2.75, 3.05) is 49.1 Å². The normalized spacial score (nSPS) is 13.9. The topological polar surface area (TPSA) is 109 Å². The molecule has 0 radical (unpaired) electrons. The molecule has 0 atom stereocenters. The van der Waals surface area contributed by atoms with Crippen molar-refractivity contribution in [1.29, 1.82) is 0 Å². The average molecular weight is 656 g/mol. The van der Waals surface area contributed by atoms with Crippen molar-refractivity contribution in [3.05, 3.63) is 58.1 Å². The quantitative estimate of drug-likeness (QED) is 0.200. The Labute approximate surface area is 252 Å². The molecule has 2 N–H and O–H groups in total. The van der Waals surface area contributed by atoms with E-state index in [0.717, 1.165) is 17.7 Å². The molecule has 1 fully saturated rings. The molecule has 5 rings (SSSR count). The molecule has 0 saturated carbocycles. The molecule has 3 heterocycles. The Balaban J connectivity index is 1.49. The molecular weight excluding hydrogens is 622 g/mol. The predicted octanol–water partition coefficient (Wildman–Crippen LogP) is 6.71. The van der Waals surface area contributed by atoms with Gasteiger partial charge >= 0.3 is 0 Å². The number of rotatable bonds is 8. The van der Waals surface area contributed by atoms with E-state index in [1.54, 1.807) is 45.7 Å². The summed E-state index contributed by atoms with van der Waals surface area (Å²) in [5, 5.41) is 7.55. The zero-order valence-electron chi connectivity index (χ0n) is 24.2. The Hall–Kier alpha value is -3.56. The molecule has 2 aromatic heterocycles. The lowest BCUT2D eigenvalue weighted by atomic mass is 10.0. The summed E-state index contributed by atoms with van der Waals surface area (Å²) in [6, 6.07) is 8.97. The van der Waals surface area contributed by atoms with E-state index in [0.29, 0.717) is 81.3 Å². The number of anilines is 5. The lowest BCUT2D eigenvalue weighted by molar-refractivity contribution is -0.119. The summed E-state index contributed by atoms with van der Waals surface area (Å²) in [6.07, 6.45) is 3.50. The fraction of sp³-hybridized carbons (Fsp3) is 0.333. The molecule has 12 heteroatoms. The number of nitrogens with one attached hydrogen (secondary N) is 2. The number of aryl methyl sites for hydroxylation is 2. The van der Waals surface area contributed by atoms with Crippen molar-refractivity contribution in [3.63, 3.8) is 0 Å². The second-order valence-corrected chi connectivity index (χ2v) is 14.6. The van der Waals surface area contributed by atoms with Gasteiger partial charge < -0.3 is 24.8 Å². The molecule has 1 saturated heterocycles. The number of benzene rings is 2. The van der Waals surface area contributed by atoms with Crippen LogP contribution in [0.3, 0.4) is 0 Å². The van der Waals surface area contributed by atoms with E-state index < -0.39 is 13.0 Å². The van der Waals surface area contributed by atoms with Crippen LogP contribution in [-0.4, -0.2) is 54.3 Å². The van der Waals surface area contributed by atoms with Crippen LogP contribution >= 0.6 is 23.1 Å². The summed E-state index contributed by atoms with van der Waals surface area (Å²) in [6.45, 7) is 8.37. The van der Waals surface area contributed by atoms with E-state index in [1.165, 1.54) is 6.07 Å². The Morgan fingerprint density at radius 1 is 1.10 bits per heavy atom. The summed E-state index contributed by atoms with van der Waals surface area (Å²) in [5.74, 6) is 1.22. The zero-order valence-corrected chi connectivity index (χ0v) is 26.7. The third-order valence-corrected chi connectivity index (χ3v) is 9.46. The number of methoxy groups -OCH3 is 1. The Morgan fingerprint density at radius 2 is 1.83 bits per heavy atom. The first-order chi connectivity index (χ1) is 20.0. The second-order valence-electron chi connectivity index (χ2n) is 10.6. The molecule has 2 aromatic carbocycles. The van der Waals surface area contributed by atoms with Crippen LogP contribution in [0.15, 0.2) is 41.0 Å². The molecule has 9 nitrogen and oxygen atoms in total. The summed E-state index contributed by atoms with van der Waals surface area (Å²) >= 11 is 3.52. The lowest BCUT2D eigenvalue weighted by Gasteiger charge is -2.30. The third kappa shape index (κ3) is 6.13. The van der Waals surface area contributed by atoms with Crippen LogP contribution in [0.2, 0.25) is 0 Å². The first kappa shape index (κ1) is 29.9. The number of halogens is 2. The summed E-state index contributed by atoms with van der Waals surface area (Å²) in [4.78, 5) is 27.5. The molecule has 0 spiro atoms. The van der Waals surface area contributed by atoms with E-state index in [-0.39, 0.29) is 5.69 Å². The number of hydrogen-bond donors (Lipinski definition) is 2. The minimum atomic E-state index is -2.88. The lowest BCUT2D eigenvalue weighted by Crippen LogP contribution is -2.34. The Kier molecular flexibility index (Phi) is 8.53. The first-order valence-electron chi connectivity index (χ1n) is 13.7.